The van der Waals surface area contributed by atoms with Crippen LogP contribution in [0.3, 0.4) is 0 Å². The van der Waals surface area contributed by atoms with Gasteiger partial charge in [-0.05, 0) is 24.1 Å². The Bertz CT molecular complexity index is 226. The van der Waals surface area contributed by atoms with Crippen molar-refractivity contribution < 1.29 is 0 Å². The molecule has 0 atom stereocenters. The topological polar surface area (TPSA) is 0 Å². The summed E-state index contributed by atoms with van der Waals surface area (Å²) in [7, 11) is 0. The van der Waals surface area contributed by atoms with Crippen LogP contribution in [0.5, 0.6) is 0 Å². The van der Waals surface area contributed by atoms with Gasteiger partial charge in [0.1, 0.15) is 0 Å². The molecule has 0 amide bonds. The second-order valence-corrected chi connectivity index (χ2v) is 3.36. The molecular formula is C8H8S. The van der Waals surface area contributed by atoms with E-state index in [9.17, 15) is 0 Å². The summed E-state index contributed by atoms with van der Waals surface area (Å²) in [5.41, 5.74) is 3.01. The van der Waals surface area contributed by atoms with E-state index in [1.165, 1.54) is 16.2 Å². The van der Waals surface area contributed by atoms with Gasteiger partial charge in [0.25, 0.3) is 0 Å². The van der Waals surface area contributed by atoms with E-state index in [2.05, 4.69) is 25.1 Å². The smallest absolute Gasteiger partial charge is 0.0245 e. The Morgan fingerprint density at radius 2 is 2.33 bits per heavy atom. The molecule has 0 bridgehead atoms. The Morgan fingerprint density at radius 1 is 1.44 bits per heavy atom. The third-order valence-electron chi connectivity index (χ3n) is 1.74. The van der Waals surface area contributed by atoms with E-state index < -0.39 is 0 Å². The van der Waals surface area contributed by atoms with Crippen LogP contribution >= 0.6 is 11.8 Å². The van der Waals surface area contributed by atoms with Gasteiger partial charge in [0.15, 0.2) is 0 Å². The molecule has 1 aliphatic rings. The molecule has 0 unspecified atom stereocenters. The van der Waals surface area contributed by atoms with E-state index >= 15 is 0 Å². The van der Waals surface area contributed by atoms with Crippen LogP contribution in [-0.2, 0) is 5.75 Å². The van der Waals surface area contributed by atoms with E-state index in [4.69, 9.17) is 0 Å². The summed E-state index contributed by atoms with van der Waals surface area (Å²) in [6.07, 6.45) is 0. The highest BCUT2D eigenvalue weighted by Gasteiger charge is 2.13. The molecule has 46 valence electrons. The van der Waals surface area contributed by atoms with Crippen molar-refractivity contribution in [2.75, 3.05) is 0 Å². The SMILES string of the molecule is Cc1cccc2c1CS2. The molecule has 0 fully saturated rings. The molecule has 0 radical (unpaired) electrons. The second-order valence-electron chi connectivity index (χ2n) is 2.34. The van der Waals surface area contributed by atoms with Crippen molar-refractivity contribution >= 4 is 11.8 Å². The van der Waals surface area contributed by atoms with E-state index in [1.807, 2.05) is 11.8 Å². The van der Waals surface area contributed by atoms with Crippen molar-refractivity contribution in [3.05, 3.63) is 29.3 Å². The second kappa shape index (κ2) is 1.77. The number of hydrogen-bond acceptors (Lipinski definition) is 1. The van der Waals surface area contributed by atoms with Gasteiger partial charge in [-0.15, -0.1) is 11.8 Å². The van der Waals surface area contributed by atoms with E-state index in [0.29, 0.717) is 0 Å². The Labute approximate surface area is 59.3 Å². The van der Waals surface area contributed by atoms with Crippen molar-refractivity contribution in [1.29, 1.82) is 0 Å². The summed E-state index contributed by atoms with van der Waals surface area (Å²) < 4.78 is 0. The molecule has 0 nitrogen and oxygen atoms in total. The zero-order valence-electron chi connectivity index (χ0n) is 5.35. The van der Waals surface area contributed by atoms with Gasteiger partial charge < -0.3 is 0 Å². The molecule has 1 aromatic carbocycles. The Balaban J connectivity index is 2.64. The van der Waals surface area contributed by atoms with Gasteiger partial charge in [-0.3, -0.25) is 0 Å². The number of hydrogen-bond donors (Lipinski definition) is 0. The van der Waals surface area contributed by atoms with Crippen molar-refractivity contribution in [3.63, 3.8) is 0 Å². The van der Waals surface area contributed by atoms with Crippen LogP contribution in [0.1, 0.15) is 11.1 Å². The summed E-state index contributed by atoms with van der Waals surface area (Å²) in [6.45, 7) is 2.18. The minimum atomic E-state index is 1.22. The predicted molar refractivity (Wildman–Crippen MR) is 40.7 cm³/mol. The van der Waals surface area contributed by atoms with Crippen LogP contribution in [0.2, 0.25) is 0 Å². The fraction of sp³-hybridized carbons (Fsp3) is 0.250. The molecule has 0 saturated heterocycles. The quantitative estimate of drug-likeness (QED) is 0.528. The third kappa shape index (κ3) is 0.681. The lowest BCUT2D eigenvalue weighted by Gasteiger charge is -2.19. The predicted octanol–water partition coefficient (Wildman–Crippen LogP) is 2.60. The number of rotatable bonds is 0. The maximum atomic E-state index is 2.19. The number of thioether (sulfide) groups is 1. The van der Waals surface area contributed by atoms with Gasteiger partial charge in [-0.2, -0.15) is 0 Å². The van der Waals surface area contributed by atoms with E-state index in [-0.39, 0.29) is 0 Å². The first-order chi connectivity index (χ1) is 4.38. The van der Waals surface area contributed by atoms with Crippen molar-refractivity contribution in [1.82, 2.24) is 0 Å². The molecule has 1 aliphatic heterocycles. The largest absolute Gasteiger partial charge is 0.121 e. The van der Waals surface area contributed by atoms with Gasteiger partial charge >= 0.3 is 0 Å². The molecule has 0 aromatic heterocycles. The summed E-state index contributed by atoms with van der Waals surface area (Å²) in [5, 5.41) is 0. The standard InChI is InChI=1S/C8H8S/c1-6-3-2-4-8-7(6)5-9-8/h2-4H,5H2,1H3. The first-order valence-electron chi connectivity index (χ1n) is 3.09. The third-order valence-corrected chi connectivity index (χ3v) is 2.87. The summed E-state index contributed by atoms with van der Waals surface area (Å²) in [6, 6.07) is 6.50. The molecule has 0 saturated carbocycles. The molecule has 0 aliphatic carbocycles. The first kappa shape index (κ1) is 5.36. The van der Waals surface area contributed by atoms with Crippen LogP contribution in [0, 0.1) is 6.92 Å². The van der Waals surface area contributed by atoms with Gasteiger partial charge in [0, 0.05) is 10.6 Å². The fourth-order valence-electron chi connectivity index (χ4n) is 1.06. The molecule has 0 N–H and O–H groups in total. The van der Waals surface area contributed by atoms with E-state index in [0.717, 1.165) is 0 Å². The van der Waals surface area contributed by atoms with Crippen LogP contribution in [-0.4, -0.2) is 0 Å². The lowest BCUT2D eigenvalue weighted by molar-refractivity contribution is 1.15. The van der Waals surface area contributed by atoms with Crippen LogP contribution in [0.25, 0.3) is 0 Å². The maximum absolute atomic E-state index is 2.19. The van der Waals surface area contributed by atoms with Crippen molar-refractivity contribution in [3.8, 4) is 0 Å². The molecule has 2 rings (SSSR count). The van der Waals surface area contributed by atoms with Crippen LogP contribution in [0.15, 0.2) is 23.1 Å². The van der Waals surface area contributed by atoms with Gasteiger partial charge in [0.2, 0.25) is 0 Å². The Hall–Kier alpha value is -0.430. The minimum absolute atomic E-state index is 1.22. The van der Waals surface area contributed by atoms with E-state index in [1.54, 1.807) is 5.56 Å². The average Bonchev–Trinajstić information content (AvgIpc) is 1.74. The number of fused-ring (bicyclic) bond motifs is 1. The summed E-state index contributed by atoms with van der Waals surface area (Å²) in [5.74, 6) is 1.22. The number of aryl methyl sites for hydroxylation is 1. The zero-order valence-corrected chi connectivity index (χ0v) is 6.16. The van der Waals surface area contributed by atoms with Crippen LogP contribution < -0.4 is 0 Å². The Kier molecular flexibility index (Phi) is 1.06. The van der Waals surface area contributed by atoms with Crippen molar-refractivity contribution in [2.24, 2.45) is 0 Å². The van der Waals surface area contributed by atoms with Gasteiger partial charge in [-0.25, -0.2) is 0 Å². The lowest BCUT2D eigenvalue weighted by Crippen LogP contribution is -1.98. The normalized spacial score (nSPS) is 14.3. The highest BCUT2D eigenvalue weighted by atomic mass is 32.2. The fourth-order valence-corrected chi connectivity index (χ4v) is 2.08. The van der Waals surface area contributed by atoms with Crippen LogP contribution in [0.4, 0.5) is 0 Å². The average molecular weight is 136 g/mol. The molecule has 1 aromatic rings. The number of benzene rings is 1. The minimum Gasteiger partial charge on any atom is -0.121 e. The molecule has 9 heavy (non-hydrogen) atoms. The van der Waals surface area contributed by atoms with Crippen molar-refractivity contribution in [2.45, 2.75) is 17.6 Å². The molecule has 1 heterocycles. The Morgan fingerprint density at radius 3 is 2.78 bits per heavy atom. The summed E-state index contributed by atoms with van der Waals surface area (Å²) in [4.78, 5) is 1.48. The molecule has 0 spiro atoms. The monoisotopic (exact) mass is 136 g/mol. The molecular weight excluding hydrogens is 128 g/mol. The van der Waals surface area contributed by atoms with Gasteiger partial charge in [-0.1, -0.05) is 12.1 Å². The maximum Gasteiger partial charge on any atom is 0.0245 e. The van der Waals surface area contributed by atoms with Gasteiger partial charge in [0.05, 0.1) is 0 Å². The highest BCUT2D eigenvalue weighted by Crippen LogP contribution is 2.38. The lowest BCUT2D eigenvalue weighted by atomic mass is 10.1. The highest BCUT2D eigenvalue weighted by molar-refractivity contribution is 8.00. The molecule has 1 heteroatoms. The first-order valence-corrected chi connectivity index (χ1v) is 4.08. The summed E-state index contributed by atoms with van der Waals surface area (Å²) >= 11 is 1.94. The zero-order chi connectivity index (χ0) is 6.27.